The minimum absolute atomic E-state index is 0.0323. The van der Waals surface area contributed by atoms with Gasteiger partial charge in [0.1, 0.15) is 6.10 Å². The fraction of sp³-hybridized carbons (Fsp3) is 0.684. The van der Waals surface area contributed by atoms with Gasteiger partial charge < -0.3 is 4.74 Å². The van der Waals surface area contributed by atoms with Crippen LogP contribution in [0.25, 0.3) is 0 Å². The number of rotatable bonds is 2. The monoisotopic (exact) mass is 331 g/mol. The van der Waals surface area contributed by atoms with E-state index in [-0.39, 0.29) is 22.7 Å². The van der Waals surface area contributed by atoms with E-state index in [4.69, 9.17) is 9.73 Å². The molecule has 124 valence electrons. The molecule has 1 saturated carbocycles. The molecule has 4 aliphatic rings. The molecule has 3 nitrogen and oxygen atoms in total. The van der Waals surface area contributed by atoms with Crippen LogP contribution in [0.1, 0.15) is 44.9 Å². The zero-order valence-electron chi connectivity index (χ0n) is 13.6. The van der Waals surface area contributed by atoms with Crippen molar-refractivity contribution >= 4 is 23.4 Å². The first kappa shape index (κ1) is 15.5. The molecule has 2 aliphatic heterocycles. The molecular weight excluding hydrogens is 306 g/mol. The zero-order valence-corrected chi connectivity index (χ0v) is 14.4. The molecule has 3 unspecified atom stereocenters. The van der Waals surface area contributed by atoms with Crippen LogP contribution in [0.4, 0.5) is 0 Å². The molecule has 0 radical (unpaired) electrons. The van der Waals surface area contributed by atoms with Gasteiger partial charge in [0.25, 0.3) is 0 Å². The van der Waals surface area contributed by atoms with Gasteiger partial charge >= 0.3 is 5.97 Å². The fourth-order valence-corrected chi connectivity index (χ4v) is 6.28. The van der Waals surface area contributed by atoms with Gasteiger partial charge in [-0.25, -0.2) is 0 Å². The molecule has 0 bridgehead atoms. The highest BCUT2D eigenvalue weighted by Gasteiger charge is 2.54. The van der Waals surface area contributed by atoms with Crippen molar-refractivity contribution in [1.29, 1.82) is 0 Å². The molecule has 4 rings (SSSR count). The van der Waals surface area contributed by atoms with Gasteiger partial charge in [0, 0.05) is 12.3 Å². The molecule has 0 aromatic heterocycles. The Labute approximate surface area is 142 Å². The van der Waals surface area contributed by atoms with E-state index in [1.54, 1.807) is 0 Å². The van der Waals surface area contributed by atoms with Crippen molar-refractivity contribution in [3.63, 3.8) is 0 Å². The molecule has 23 heavy (non-hydrogen) atoms. The molecule has 1 spiro atoms. The summed E-state index contributed by atoms with van der Waals surface area (Å²) >= 11 is 1.89. The number of esters is 1. The summed E-state index contributed by atoms with van der Waals surface area (Å²) < 4.78 is 5.88. The smallest absolute Gasteiger partial charge is 0.310 e. The Morgan fingerprint density at radius 1 is 1.17 bits per heavy atom. The van der Waals surface area contributed by atoms with Crippen LogP contribution >= 0.6 is 11.8 Å². The molecule has 2 fully saturated rings. The highest BCUT2D eigenvalue weighted by molar-refractivity contribution is 8.02. The van der Waals surface area contributed by atoms with Crippen molar-refractivity contribution < 1.29 is 9.53 Å². The Hall–Kier alpha value is -1.03. The van der Waals surface area contributed by atoms with Gasteiger partial charge in [0.2, 0.25) is 0 Å². The summed E-state index contributed by atoms with van der Waals surface area (Å²) in [6.07, 6.45) is 16.8. The summed E-state index contributed by atoms with van der Waals surface area (Å²) in [5.74, 6) is 1.30. The zero-order chi connectivity index (χ0) is 15.7. The van der Waals surface area contributed by atoms with Crippen LogP contribution in [0, 0.1) is 11.8 Å². The van der Waals surface area contributed by atoms with Crippen LogP contribution < -0.4 is 0 Å². The lowest BCUT2D eigenvalue weighted by Gasteiger charge is -2.38. The average molecular weight is 331 g/mol. The minimum atomic E-state index is -0.0693. The maximum Gasteiger partial charge on any atom is 0.310 e. The van der Waals surface area contributed by atoms with Crippen LogP contribution in [0.3, 0.4) is 0 Å². The Bertz CT molecular complexity index is 560. The second-order valence-corrected chi connectivity index (χ2v) is 8.44. The Balaban J connectivity index is 1.48. The van der Waals surface area contributed by atoms with E-state index in [2.05, 4.69) is 24.3 Å². The molecule has 0 N–H and O–H groups in total. The number of hydrogen-bond acceptors (Lipinski definition) is 4. The second kappa shape index (κ2) is 6.46. The first-order chi connectivity index (χ1) is 11.3. The standard InChI is InChI=1S/C19H25NO2S/c21-18(22-14-7-3-1-2-4-8-14)15-13-23-19-11-6-5-9-17(19)20-12-10-16(15)19/h5-6,9,11,14-16H,1-4,7-8,10,12-13H2. The van der Waals surface area contributed by atoms with E-state index >= 15 is 0 Å². The van der Waals surface area contributed by atoms with Crippen molar-refractivity contribution in [2.24, 2.45) is 16.8 Å². The second-order valence-electron chi connectivity index (χ2n) is 7.14. The third kappa shape index (κ3) is 2.79. The maximum absolute atomic E-state index is 12.8. The topological polar surface area (TPSA) is 38.7 Å². The first-order valence-electron chi connectivity index (χ1n) is 9.05. The van der Waals surface area contributed by atoms with Crippen LogP contribution in [-0.4, -0.2) is 34.8 Å². The lowest BCUT2D eigenvalue weighted by Crippen LogP contribution is -2.45. The van der Waals surface area contributed by atoms with Crippen molar-refractivity contribution in [2.75, 3.05) is 12.3 Å². The molecule has 4 heteroatoms. The summed E-state index contributed by atoms with van der Waals surface area (Å²) in [5.41, 5.74) is 1.16. The number of carbonyl (C=O) groups excluding carboxylic acids is 1. The van der Waals surface area contributed by atoms with Crippen LogP contribution in [0.15, 0.2) is 29.3 Å². The van der Waals surface area contributed by atoms with Crippen molar-refractivity contribution in [3.05, 3.63) is 24.3 Å². The molecule has 2 aliphatic carbocycles. The molecule has 2 heterocycles. The van der Waals surface area contributed by atoms with Gasteiger partial charge in [0.05, 0.1) is 16.4 Å². The van der Waals surface area contributed by atoms with Gasteiger partial charge in [-0.1, -0.05) is 31.1 Å². The lowest BCUT2D eigenvalue weighted by molar-refractivity contribution is -0.155. The maximum atomic E-state index is 12.8. The number of carbonyl (C=O) groups is 1. The fourth-order valence-electron chi connectivity index (χ4n) is 4.51. The summed E-state index contributed by atoms with van der Waals surface area (Å²) in [5, 5.41) is 0. The SMILES string of the molecule is O=C(OC1CCCCCC1)C1CSC23C=CC=CC2=NCCC13. The predicted octanol–water partition coefficient (Wildman–Crippen LogP) is 3.94. The largest absolute Gasteiger partial charge is 0.462 e. The number of aliphatic imine (C=N–C) groups is 1. The van der Waals surface area contributed by atoms with Gasteiger partial charge in [-0.2, -0.15) is 0 Å². The van der Waals surface area contributed by atoms with E-state index < -0.39 is 0 Å². The number of ether oxygens (including phenoxy) is 1. The van der Waals surface area contributed by atoms with Crippen LogP contribution in [-0.2, 0) is 9.53 Å². The Morgan fingerprint density at radius 2 is 2.00 bits per heavy atom. The summed E-state index contributed by atoms with van der Waals surface area (Å²) in [6.45, 7) is 0.841. The van der Waals surface area contributed by atoms with Gasteiger partial charge in [0.15, 0.2) is 0 Å². The quantitative estimate of drug-likeness (QED) is 0.568. The highest BCUT2D eigenvalue weighted by Crippen LogP contribution is 2.53. The number of thioether (sulfide) groups is 1. The van der Waals surface area contributed by atoms with E-state index in [0.717, 1.165) is 37.3 Å². The molecule has 3 atom stereocenters. The average Bonchev–Trinajstić information content (AvgIpc) is 2.75. The van der Waals surface area contributed by atoms with E-state index in [1.807, 2.05) is 11.8 Å². The van der Waals surface area contributed by atoms with Crippen molar-refractivity contribution in [3.8, 4) is 0 Å². The Kier molecular flexibility index (Phi) is 4.35. The van der Waals surface area contributed by atoms with Crippen molar-refractivity contribution in [2.45, 2.75) is 55.8 Å². The van der Waals surface area contributed by atoms with Gasteiger partial charge in [-0.3, -0.25) is 9.79 Å². The number of allylic oxidation sites excluding steroid dienone is 3. The Morgan fingerprint density at radius 3 is 2.83 bits per heavy atom. The number of hydrogen-bond donors (Lipinski definition) is 0. The molecule has 0 aromatic rings. The van der Waals surface area contributed by atoms with Crippen LogP contribution in [0.5, 0.6) is 0 Å². The third-order valence-corrected chi connectivity index (χ3v) is 7.41. The predicted molar refractivity (Wildman–Crippen MR) is 95.0 cm³/mol. The van der Waals surface area contributed by atoms with Gasteiger partial charge in [-0.15, -0.1) is 11.8 Å². The summed E-state index contributed by atoms with van der Waals surface area (Å²) in [7, 11) is 0. The highest BCUT2D eigenvalue weighted by atomic mass is 32.2. The van der Waals surface area contributed by atoms with Crippen LogP contribution in [0.2, 0.25) is 0 Å². The minimum Gasteiger partial charge on any atom is -0.462 e. The molecule has 0 amide bonds. The molecular formula is C19H25NO2S. The third-order valence-electron chi connectivity index (χ3n) is 5.76. The summed E-state index contributed by atoms with van der Waals surface area (Å²) in [6, 6.07) is 0. The van der Waals surface area contributed by atoms with E-state index in [9.17, 15) is 4.79 Å². The number of nitrogens with zero attached hydrogens (tertiary/aromatic N) is 1. The first-order valence-corrected chi connectivity index (χ1v) is 10.0. The van der Waals surface area contributed by atoms with E-state index in [0.29, 0.717) is 5.92 Å². The van der Waals surface area contributed by atoms with Gasteiger partial charge in [-0.05, 0) is 44.1 Å². The molecule has 0 aromatic carbocycles. The summed E-state index contributed by atoms with van der Waals surface area (Å²) in [4.78, 5) is 17.5. The van der Waals surface area contributed by atoms with E-state index in [1.165, 1.54) is 25.7 Å². The van der Waals surface area contributed by atoms with Crippen molar-refractivity contribution in [1.82, 2.24) is 0 Å². The normalized spacial score (nSPS) is 36.8. The lowest BCUT2D eigenvalue weighted by atomic mass is 9.74. The molecule has 1 saturated heterocycles.